The maximum atomic E-state index is 12.8. The molecule has 21 heavy (non-hydrogen) atoms. The number of amides is 1. The Morgan fingerprint density at radius 3 is 2.38 bits per heavy atom. The summed E-state index contributed by atoms with van der Waals surface area (Å²) in [6.45, 7) is 3.10. The van der Waals surface area contributed by atoms with Crippen molar-refractivity contribution in [2.75, 3.05) is 33.2 Å². The van der Waals surface area contributed by atoms with Gasteiger partial charge in [0.15, 0.2) is 0 Å². The average Bonchev–Trinajstić information content (AvgIpc) is 2.76. The molecule has 0 spiro atoms. The second kappa shape index (κ2) is 8.13. The fraction of sp³-hybridized carbons (Fsp3) is 0.588. The standard InChI is InChI=1S/C17H25FN2O/c1-19(13-10-15-6-8-16(18)9-7-15)14-17(21)20-11-4-2-3-5-12-20/h6-9H,2-5,10-14H2,1H3. The number of likely N-dealkylation sites (N-methyl/N-ethyl adjacent to an activating group) is 1. The van der Waals surface area contributed by atoms with E-state index < -0.39 is 0 Å². The van der Waals surface area contributed by atoms with Gasteiger partial charge in [0.25, 0.3) is 0 Å². The number of likely N-dealkylation sites (tertiary alicyclic amines) is 1. The van der Waals surface area contributed by atoms with Crippen molar-refractivity contribution in [2.24, 2.45) is 0 Å². The van der Waals surface area contributed by atoms with Gasteiger partial charge < -0.3 is 4.90 Å². The minimum atomic E-state index is -0.205. The van der Waals surface area contributed by atoms with Crippen molar-refractivity contribution in [3.05, 3.63) is 35.6 Å². The molecule has 1 heterocycles. The fourth-order valence-corrected chi connectivity index (χ4v) is 2.70. The normalized spacial score (nSPS) is 16.0. The number of benzene rings is 1. The van der Waals surface area contributed by atoms with E-state index >= 15 is 0 Å². The Balaban J connectivity index is 1.74. The second-order valence-corrected chi connectivity index (χ2v) is 5.91. The van der Waals surface area contributed by atoms with Crippen LogP contribution in [0, 0.1) is 5.82 Å². The molecular weight excluding hydrogens is 267 g/mol. The molecular formula is C17H25FN2O. The van der Waals surface area contributed by atoms with E-state index in [1.165, 1.54) is 25.0 Å². The van der Waals surface area contributed by atoms with Crippen LogP contribution in [-0.2, 0) is 11.2 Å². The molecule has 1 aromatic carbocycles. The summed E-state index contributed by atoms with van der Waals surface area (Å²) in [6.07, 6.45) is 5.58. The van der Waals surface area contributed by atoms with Crippen molar-refractivity contribution in [2.45, 2.75) is 32.1 Å². The monoisotopic (exact) mass is 292 g/mol. The summed E-state index contributed by atoms with van der Waals surface area (Å²) >= 11 is 0. The van der Waals surface area contributed by atoms with E-state index in [0.29, 0.717) is 6.54 Å². The number of carbonyl (C=O) groups excluding carboxylic acids is 1. The van der Waals surface area contributed by atoms with E-state index in [9.17, 15) is 9.18 Å². The van der Waals surface area contributed by atoms with Crippen LogP contribution < -0.4 is 0 Å². The van der Waals surface area contributed by atoms with Gasteiger partial charge in [-0.15, -0.1) is 0 Å². The predicted molar refractivity (Wildman–Crippen MR) is 82.6 cm³/mol. The molecule has 0 bridgehead atoms. The lowest BCUT2D eigenvalue weighted by atomic mass is 10.1. The van der Waals surface area contributed by atoms with Crippen LogP contribution in [0.15, 0.2) is 24.3 Å². The van der Waals surface area contributed by atoms with Gasteiger partial charge in [0.1, 0.15) is 5.82 Å². The van der Waals surface area contributed by atoms with Crippen molar-refractivity contribution < 1.29 is 9.18 Å². The number of rotatable bonds is 5. The summed E-state index contributed by atoms with van der Waals surface area (Å²) in [4.78, 5) is 16.3. The van der Waals surface area contributed by atoms with Crippen LogP contribution in [0.4, 0.5) is 4.39 Å². The maximum Gasteiger partial charge on any atom is 0.236 e. The molecule has 1 fully saturated rings. The Kier molecular flexibility index (Phi) is 6.18. The Morgan fingerprint density at radius 1 is 1.14 bits per heavy atom. The zero-order valence-electron chi connectivity index (χ0n) is 12.9. The molecule has 116 valence electrons. The first-order valence-electron chi connectivity index (χ1n) is 7.86. The first-order chi connectivity index (χ1) is 10.1. The van der Waals surface area contributed by atoms with Crippen molar-refractivity contribution in [1.29, 1.82) is 0 Å². The predicted octanol–water partition coefficient (Wildman–Crippen LogP) is 2.70. The Hall–Kier alpha value is -1.42. The molecule has 1 aromatic rings. The molecule has 1 aliphatic rings. The van der Waals surface area contributed by atoms with Crippen LogP contribution in [-0.4, -0.2) is 48.9 Å². The van der Waals surface area contributed by atoms with Gasteiger partial charge >= 0.3 is 0 Å². The van der Waals surface area contributed by atoms with E-state index in [1.54, 1.807) is 12.1 Å². The third-order valence-electron chi connectivity index (χ3n) is 4.06. The molecule has 0 aromatic heterocycles. The lowest BCUT2D eigenvalue weighted by Gasteiger charge is -2.24. The quantitative estimate of drug-likeness (QED) is 0.833. The Labute approximate surface area is 126 Å². The summed E-state index contributed by atoms with van der Waals surface area (Å²) in [5.74, 6) is 0.0296. The lowest BCUT2D eigenvalue weighted by molar-refractivity contribution is -0.132. The fourth-order valence-electron chi connectivity index (χ4n) is 2.70. The average molecular weight is 292 g/mol. The van der Waals surface area contributed by atoms with Crippen molar-refractivity contribution in [1.82, 2.24) is 9.80 Å². The molecule has 0 saturated carbocycles. The van der Waals surface area contributed by atoms with Crippen molar-refractivity contribution >= 4 is 5.91 Å². The number of hydrogen-bond donors (Lipinski definition) is 0. The molecule has 1 aliphatic heterocycles. The van der Waals surface area contributed by atoms with Gasteiger partial charge in [0.2, 0.25) is 5.91 Å². The molecule has 1 saturated heterocycles. The molecule has 2 rings (SSSR count). The van der Waals surface area contributed by atoms with Gasteiger partial charge in [-0.1, -0.05) is 25.0 Å². The summed E-state index contributed by atoms with van der Waals surface area (Å²) in [6, 6.07) is 6.58. The van der Waals surface area contributed by atoms with Crippen LogP contribution in [0.25, 0.3) is 0 Å². The first-order valence-corrected chi connectivity index (χ1v) is 7.86. The van der Waals surface area contributed by atoms with E-state index in [-0.39, 0.29) is 11.7 Å². The zero-order valence-corrected chi connectivity index (χ0v) is 12.9. The Bertz CT molecular complexity index is 439. The van der Waals surface area contributed by atoms with Gasteiger partial charge in [-0.25, -0.2) is 4.39 Å². The van der Waals surface area contributed by atoms with Crippen molar-refractivity contribution in [3.63, 3.8) is 0 Å². The number of halogens is 1. The summed E-state index contributed by atoms with van der Waals surface area (Å²) in [7, 11) is 1.97. The highest BCUT2D eigenvalue weighted by atomic mass is 19.1. The molecule has 0 N–H and O–H groups in total. The maximum absolute atomic E-state index is 12.8. The van der Waals surface area contributed by atoms with Crippen LogP contribution in [0.3, 0.4) is 0 Å². The van der Waals surface area contributed by atoms with Crippen molar-refractivity contribution in [3.8, 4) is 0 Å². The van der Waals surface area contributed by atoms with Gasteiger partial charge in [0.05, 0.1) is 6.54 Å². The molecule has 0 aliphatic carbocycles. The zero-order chi connectivity index (χ0) is 15.1. The topological polar surface area (TPSA) is 23.6 Å². The summed E-state index contributed by atoms with van der Waals surface area (Å²) in [5, 5.41) is 0. The third kappa shape index (κ3) is 5.46. The SMILES string of the molecule is CN(CCc1ccc(F)cc1)CC(=O)N1CCCCCC1. The van der Waals surface area contributed by atoms with Crippen LogP contribution in [0.1, 0.15) is 31.2 Å². The third-order valence-corrected chi connectivity index (χ3v) is 4.06. The van der Waals surface area contributed by atoms with E-state index in [1.807, 2.05) is 11.9 Å². The number of carbonyl (C=O) groups is 1. The Morgan fingerprint density at radius 2 is 1.76 bits per heavy atom. The molecule has 3 nitrogen and oxygen atoms in total. The lowest BCUT2D eigenvalue weighted by Crippen LogP contribution is -2.40. The van der Waals surface area contributed by atoms with Crippen LogP contribution in [0.5, 0.6) is 0 Å². The van der Waals surface area contributed by atoms with Gasteiger partial charge in [-0.3, -0.25) is 9.69 Å². The minimum Gasteiger partial charge on any atom is -0.342 e. The van der Waals surface area contributed by atoms with Gasteiger partial charge in [-0.05, 0) is 44.0 Å². The second-order valence-electron chi connectivity index (χ2n) is 5.91. The van der Waals surface area contributed by atoms with Gasteiger partial charge in [-0.2, -0.15) is 0 Å². The summed E-state index contributed by atoms with van der Waals surface area (Å²) in [5.41, 5.74) is 1.10. The molecule has 0 unspecified atom stereocenters. The highest BCUT2D eigenvalue weighted by molar-refractivity contribution is 5.78. The first kappa shape index (κ1) is 16.0. The highest BCUT2D eigenvalue weighted by Gasteiger charge is 2.16. The summed E-state index contributed by atoms with van der Waals surface area (Å²) < 4.78 is 12.8. The number of hydrogen-bond acceptors (Lipinski definition) is 2. The molecule has 4 heteroatoms. The number of nitrogens with zero attached hydrogens (tertiary/aromatic N) is 2. The molecule has 1 amide bonds. The largest absolute Gasteiger partial charge is 0.342 e. The van der Waals surface area contributed by atoms with Crippen LogP contribution >= 0.6 is 0 Å². The molecule has 0 radical (unpaired) electrons. The minimum absolute atomic E-state index is 0.205. The smallest absolute Gasteiger partial charge is 0.236 e. The van der Waals surface area contributed by atoms with Crippen LogP contribution in [0.2, 0.25) is 0 Å². The van der Waals surface area contributed by atoms with Gasteiger partial charge in [0, 0.05) is 19.6 Å². The van der Waals surface area contributed by atoms with E-state index in [2.05, 4.69) is 4.90 Å². The van der Waals surface area contributed by atoms with E-state index in [4.69, 9.17) is 0 Å². The highest BCUT2D eigenvalue weighted by Crippen LogP contribution is 2.10. The van der Waals surface area contributed by atoms with E-state index in [0.717, 1.165) is 44.5 Å². The molecule has 0 atom stereocenters.